The van der Waals surface area contributed by atoms with Gasteiger partial charge in [0.25, 0.3) is 0 Å². The molecule has 0 aromatic heterocycles. The molecule has 0 spiro atoms. The van der Waals surface area contributed by atoms with E-state index in [-0.39, 0.29) is 12.1 Å². The fourth-order valence-corrected chi connectivity index (χ4v) is 1.26. The molecule has 2 atom stereocenters. The minimum absolute atomic E-state index is 0.223. The summed E-state index contributed by atoms with van der Waals surface area (Å²) in [6.45, 7) is 7.34. The number of hydrogen-bond acceptors (Lipinski definition) is 4. The van der Waals surface area contributed by atoms with E-state index in [2.05, 4.69) is 24.3 Å². The van der Waals surface area contributed by atoms with Gasteiger partial charge < -0.3 is 15.3 Å². The molecule has 82 valence electrons. The number of nitrogens with one attached hydrogen (secondary N) is 1. The molecule has 0 aromatic carbocycles. The maximum atomic E-state index is 9.24. The summed E-state index contributed by atoms with van der Waals surface area (Å²) in [7, 11) is 0. The average Bonchev–Trinajstić information content (AvgIpc) is 2.51. The highest BCUT2D eigenvalue weighted by Crippen LogP contribution is 2.06. The van der Waals surface area contributed by atoms with Crippen molar-refractivity contribution in [3.8, 4) is 0 Å². The molecule has 1 saturated heterocycles. The summed E-state index contributed by atoms with van der Waals surface area (Å²) in [6.07, 6.45) is 0.537. The zero-order valence-electron chi connectivity index (χ0n) is 9.16. The van der Waals surface area contributed by atoms with Crippen molar-refractivity contribution in [1.82, 2.24) is 5.32 Å². The molecule has 0 aliphatic carbocycles. The Bertz CT molecular complexity index is 204. The summed E-state index contributed by atoms with van der Waals surface area (Å²) in [5, 5.41) is 16.4. The number of aliphatic hydroxyl groups excluding tert-OH is 1. The minimum Gasteiger partial charge on any atom is -0.394 e. The summed E-state index contributed by atoms with van der Waals surface area (Å²) in [4.78, 5) is 5.20. The summed E-state index contributed by atoms with van der Waals surface area (Å²) in [5.41, 5.74) is 1.00. The van der Waals surface area contributed by atoms with E-state index in [4.69, 9.17) is 4.84 Å². The summed E-state index contributed by atoms with van der Waals surface area (Å²) in [6, 6.07) is 0.244. The number of nitrogens with zero attached hydrogens (tertiary/aromatic N) is 1. The molecule has 1 rings (SSSR count). The SMILES string of the molecule is C/C(=N\OC[C@@H]1C[C@@H](O)CN1)C(C)C. The first-order chi connectivity index (χ1) is 6.59. The molecule has 14 heavy (non-hydrogen) atoms. The van der Waals surface area contributed by atoms with E-state index in [0.717, 1.165) is 12.1 Å². The van der Waals surface area contributed by atoms with Crippen molar-refractivity contribution in [2.24, 2.45) is 11.1 Å². The van der Waals surface area contributed by atoms with Gasteiger partial charge in [0.2, 0.25) is 0 Å². The number of β-amino-alcohol motifs (C(OH)–C–C–N with tert-alkyl or cyclic N) is 1. The third-order valence-electron chi connectivity index (χ3n) is 2.52. The molecule has 0 radical (unpaired) electrons. The van der Waals surface area contributed by atoms with Crippen LogP contribution in [0.3, 0.4) is 0 Å². The van der Waals surface area contributed by atoms with Crippen molar-refractivity contribution < 1.29 is 9.94 Å². The Balaban J connectivity index is 2.18. The van der Waals surface area contributed by atoms with E-state index in [9.17, 15) is 5.11 Å². The van der Waals surface area contributed by atoms with Crippen LogP contribution in [0.25, 0.3) is 0 Å². The van der Waals surface area contributed by atoms with Crippen LogP contribution in [0.5, 0.6) is 0 Å². The summed E-state index contributed by atoms with van der Waals surface area (Å²) in [5.74, 6) is 0.428. The quantitative estimate of drug-likeness (QED) is 0.520. The molecule has 1 aliphatic heterocycles. The van der Waals surface area contributed by atoms with Crippen LogP contribution in [0.15, 0.2) is 5.16 Å². The van der Waals surface area contributed by atoms with Gasteiger partial charge in [0, 0.05) is 12.6 Å². The van der Waals surface area contributed by atoms with E-state index in [1.54, 1.807) is 0 Å². The van der Waals surface area contributed by atoms with Gasteiger partial charge in [0.05, 0.1) is 11.8 Å². The Hall–Kier alpha value is -0.610. The molecule has 1 fully saturated rings. The second-order valence-corrected chi connectivity index (χ2v) is 4.18. The second-order valence-electron chi connectivity index (χ2n) is 4.18. The number of oxime groups is 1. The van der Waals surface area contributed by atoms with Gasteiger partial charge in [-0.3, -0.25) is 0 Å². The van der Waals surface area contributed by atoms with Crippen molar-refractivity contribution in [1.29, 1.82) is 0 Å². The molecule has 0 saturated carbocycles. The van der Waals surface area contributed by atoms with Crippen molar-refractivity contribution in [3.63, 3.8) is 0 Å². The molecular weight excluding hydrogens is 180 g/mol. The Morgan fingerprint density at radius 1 is 1.64 bits per heavy atom. The van der Waals surface area contributed by atoms with Gasteiger partial charge >= 0.3 is 0 Å². The van der Waals surface area contributed by atoms with Gasteiger partial charge in [-0.05, 0) is 19.3 Å². The first kappa shape index (κ1) is 11.5. The molecule has 4 heteroatoms. The van der Waals surface area contributed by atoms with E-state index in [1.807, 2.05) is 6.92 Å². The van der Waals surface area contributed by atoms with E-state index in [0.29, 0.717) is 19.1 Å². The molecule has 2 N–H and O–H groups in total. The maximum absolute atomic E-state index is 9.24. The highest BCUT2D eigenvalue weighted by Gasteiger charge is 2.22. The molecule has 0 amide bonds. The van der Waals surface area contributed by atoms with Crippen LogP contribution in [0, 0.1) is 5.92 Å². The van der Waals surface area contributed by atoms with Crippen molar-refractivity contribution in [3.05, 3.63) is 0 Å². The summed E-state index contributed by atoms with van der Waals surface area (Å²) >= 11 is 0. The van der Waals surface area contributed by atoms with Crippen LogP contribution >= 0.6 is 0 Å². The normalized spacial score (nSPS) is 28.5. The van der Waals surface area contributed by atoms with Crippen LogP contribution in [-0.2, 0) is 4.84 Å². The lowest BCUT2D eigenvalue weighted by Gasteiger charge is -2.09. The highest BCUT2D eigenvalue weighted by atomic mass is 16.6. The van der Waals surface area contributed by atoms with Crippen molar-refractivity contribution >= 4 is 5.71 Å². The number of hydrogen-bond donors (Lipinski definition) is 2. The van der Waals surface area contributed by atoms with Gasteiger partial charge in [-0.1, -0.05) is 19.0 Å². The van der Waals surface area contributed by atoms with Gasteiger partial charge in [-0.2, -0.15) is 0 Å². The predicted octanol–water partition coefficient (Wildman–Crippen LogP) is 0.758. The third kappa shape index (κ3) is 3.64. The molecule has 1 aliphatic rings. The predicted molar refractivity (Wildman–Crippen MR) is 56.3 cm³/mol. The molecule has 1 heterocycles. The monoisotopic (exact) mass is 200 g/mol. The lowest BCUT2D eigenvalue weighted by atomic mass is 10.1. The van der Waals surface area contributed by atoms with Gasteiger partial charge in [-0.25, -0.2) is 0 Å². The molecule has 4 nitrogen and oxygen atoms in total. The Morgan fingerprint density at radius 3 is 2.86 bits per heavy atom. The zero-order chi connectivity index (χ0) is 10.6. The smallest absolute Gasteiger partial charge is 0.132 e. The second kappa shape index (κ2) is 5.32. The standard InChI is InChI=1S/C10H20N2O2/c1-7(2)8(3)12-14-6-9-4-10(13)5-11-9/h7,9-11,13H,4-6H2,1-3H3/b12-8+/t9-,10+/m0/s1. The Morgan fingerprint density at radius 2 is 2.36 bits per heavy atom. The maximum Gasteiger partial charge on any atom is 0.132 e. The van der Waals surface area contributed by atoms with Crippen LogP contribution < -0.4 is 5.32 Å². The lowest BCUT2D eigenvalue weighted by Crippen LogP contribution is -2.26. The summed E-state index contributed by atoms with van der Waals surface area (Å²) < 4.78 is 0. The van der Waals surface area contributed by atoms with Crippen LogP contribution in [0.4, 0.5) is 0 Å². The Labute approximate surface area is 85.3 Å². The molecular formula is C10H20N2O2. The average molecular weight is 200 g/mol. The topological polar surface area (TPSA) is 53.9 Å². The molecule has 0 aromatic rings. The molecule has 0 bridgehead atoms. The van der Waals surface area contributed by atoms with E-state index < -0.39 is 0 Å². The third-order valence-corrected chi connectivity index (χ3v) is 2.52. The number of rotatable bonds is 4. The first-order valence-corrected chi connectivity index (χ1v) is 5.17. The number of aliphatic hydroxyl groups is 1. The van der Waals surface area contributed by atoms with Gasteiger partial charge in [0.15, 0.2) is 0 Å². The minimum atomic E-state index is -0.223. The fourth-order valence-electron chi connectivity index (χ4n) is 1.26. The largest absolute Gasteiger partial charge is 0.394 e. The van der Waals surface area contributed by atoms with Crippen molar-refractivity contribution in [2.45, 2.75) is 39.3 Å². The van der Waals surface area contributed by atoms with Gasteiger partial charge in [0.1, 0.15) is 6.61 Å². The fraction of sp³-hybridized carbons (Fsp3) is 0.900. The van der Waals surface area contributed by atoms with Crippen LogP contribution in [-0.4, -0.2) is 36.1 Å². The van der Waals surface area contributed by atoms with Crippen LogP contribution in [0.2, 0.25) is 0 Å². The highest BCUT2D eigenvalue weighted by molar-refractivity contribution is 5.83. The van der Waals surface area contributed by atoms with Crippen LogP contribution in [0.1, 0.15) is 27.2 Å². The lowest BCUT2D eigenvalue weighted by molar-refractivity contribution is 0.117. The van der Waals surface area contributed by atoms with E-state index in [1.165, 1.54) is 0 Å². The first-order valence-electron chi connectivity index (χ1n) is 5.17. The zero-order valence-corrected chi connectivity index (χ0v) is 9.16. The van der Waals surface area contributed by atoms with E-state index >= 15 is 0 Å². The van der Waals surface area contributed by atoms with Gasteiger partial charge in [-0.15, -0.1) is 0 Å². The van der Waals surface area contributed by atoms with Crippen molar-refractivity contribution in [2.75, 3.05) is 13.2 Å². The molecule has 0 unspecified atom stereocenters. The Kier molecular flexibility index (Phi) is 4.35.